The fourth-order valence-electron chi connectivity index (χ4n) is 1.28. The van der Waals surface area contributed by atoms with Crippen LogP contribution in [0.4, 0.5) is 0 Å². The monoisotopic (exact) mass is 256 g/mol. The molecule has 76 valence electrons. The molecule has 1 aliphatic carbocycles. The molecule has 0 radical (unpaired) electrons. The van der Waals surface area contributed by atoms with Crippen LogP contribution in [0.3, 0.4) is 0 Å². The van der Waals surface area contributed by atoms with E-state index in [-0.39, 0.29) is 5.91 Å². The molecule has 1 aromatic heterocycles. The molecule has 1 aromatic rings. The normalized spacial score (nSPS) is 17.9. The van der Waals surface area contributed by atoms with Crippen LogP contribution in [-0.4, -0.2) is 17.4 Å². The lowest BCUT2D eigenvalue weighted by atomic mass is 10.1. The van der Waals surface area contributed by atoms with Gasteiger partial charge in [-0.3, -0.25) is 4.79 Å². The number of carbonyl (C=O) groups is 1. The van der Waals surface area contributed by atoms with E-state index < -0.39 is 0 Å². The molecule has 14 heavy (non-hydrogen) atoms. The molecule has 0 aliphatic heterocycles. The summed E-state index contributed by atoms with van der Waals surface area (Å²) in [7, 11) is 0. The third kappa shape index (κ3) is 2.18. The maximum Gasteiger partial charge on any atom is 0.267 e. The van der Waals surface area contributed by atoms with Gasteiger partial charge in [0.1, 0.15) is 5.69 Å². The predicted octanol–water partition coefficient (Wildman–Crippen LogP) is 2.31. The van der Waals surface area contributed by atoms with Crippen LogP contribution >= 0.6 is 15.9 Å². The highest BCUT2D eigenvalue weighted by atomic mass is 79.9. The zero-order valence-corrected chi connectivity index (χ0v) is 9.65. The van der Waals surface area contributed by atoms with Crippen LogP contribution in [-0.2, 0) is 0 Å². The van der Waals surface area contributed by atoms with Gasteiger partial charge in [0.2, 0.25) is 0 Å². The van der Waals surface area contributed by atoms with Gasteiger partial charge in [0.25, 0.3) is 5.91 Å². The van der Waals surface area contributed by atoms with Gasteiger partial charge in [-0.2, -0.15) is 0 Å². The van der Waals surface area contributed by atoms with Crippen molar-refractivity contribution in [3.63, 3.8) is 0 Å². The Hall–Kier alpha value is -0.770. The van der Waals surface area contributed by atoms with Gasteiger partial charge in [-0.05, 0) is 40.3 Å². The molecule has 0 aromatic carbocycles. The van der Waals surface area contributed by atoms with E-state index >= 15 is 0 Å². The first-order chi connectivity index (χ1) is 6.59. The summed E-state index contributed by atoms with van der Waals surface area (Å²) in [6, 6.07) is 1.78. The fraction of sp³-hybridized carbons (Fsp3) is 0.500. The molecule has 1 amide bonds. The summed E-state index contributed by atoms with van der Waals surface area (Å²) in [4.78, 5) is 14.5. The van der Waals surface area contributed by atoms with Crippen molar-refractivity contribution in [3.8, 4) is 0 Å². The minimum atomic E-state index is -0.0242. The van der Waals surface area contributed by atoms with E-state index in [1.165, 1.54) is 12.8 Å². The smallest absolute Gasteiger partial charge is 0.267 e. The van der Waals surface area contributed by atoms with Crippen LogP contribution in [0.2, 0.25) is 0 Å². The number of aromatic nitrogens is 1. The van der Waals surface area contributed by atoms with Gasteiger partial charge in [-0.25, -0.2) is 0 Å². The number of hydrogen-bond donors (Lipinski definition) is 2. The molecule has 1 saturated carbocycles. The molecular weight excluding hydrogens is 244 g/mol. The zero-order valence-electron chi connectivity index (χ0n) is 8.06. The Morgan fingerprint density at radius 3 is 2.93 bits per heavy atom. The average Bonchev–Trinajstić information content (AvgIpc) is 2.71. The molecule has 0 atom stereocenters. The number of nitrogens with one attached hydrogen (secondary N) is 2. The van der Waals surface area contributed by atoms with Crippen LogP contribution in [0.25, 0.3) is 0 Å². The van der Waals surface area contributed by atoms with E-state index in [4.69, 9.17) is 0 Å². The van der Waals surface area contributed by atoms with Crippen LogP contribution in [0.15, 0.2) is 16.7 Å². The van der Waals surface area contributed by atoms with Gasteiger partial charge in [-0.1, -0.05) is 6.92 Å². The predicted molar refractivity (Wildman–Crippen MR) is 58.2 cm³/mol. The Kier molecular flexibility index (Phi) is 2.39. The molecule has 4 heteroatoms. The van der Waals surface area contributed by atoms with E-state index in [2.05, 4.69) is 33.2 Å². The molecule has 0 spiro atoms. The van der Waals surface area contributed by atoms with Crippen molar-refractivity contribution in [1.29, 1.82) is 0 Å². The van der Waals surface area contributed by atoms with E-state index in [0.717, 1.165) is 11.0 Å². The topological polar surface area (TPSA) is 44.9 Å². The molecule has 0 unspecified atom stereocenters. The third-order valence-corrected chi connectivity index (χ3v) is 3.13. The standard InChI is InChI=1S/C10H13BrN2O/c1-10(2-3-10)6-13-9(14)8-4-7(11)5-12-8/h4-5,12H,2-3,6H2,1H3,(H,13,14). The second-order valence-electron chi connectivity index (χ2n) is 4.22. The highest BCUT2D eigenvalue weighted by molar-refractivity contribution is 9.10. The number of amides is 1. The summed E-state index contributed by atoms with van der Waals surface area (Å²) in [5.41, 5.74) is 0.973. The third-order valence-electron chi connectivity index (χ3n) is 2.67. The van der Waals surface area contributed by atoms with Crippen molar-refractivity contribution >= 4 is 21.8 Å². The molecule has 2 N–H and O–H groups in total. The van der Waals surface area contributed by atoms with Crippen molar-refractivity contribution < 1.29 is 4.79 Å². The molecule has 0 bridgehead atoms. The minimum absolute atomic E-state index is 0.0242. The van der Waals surface area contributed by atoms with Crippen molar-refractivity contribution in [2.75, 3.05) is 6.54 Å². The summed E-state index contributed by atoms with van der Waals surface area (Å²) in [5, 5.41) is 2.92. The Balaban J connectivity index is 1.89. The second-order valence-corrected chi connectivity index (χ2v) is 5.14. The number of carbonyl (C=O) groups excluding carboxylic acids is 1. The van der Waals surface area contributed by atoms with Gasteiger partial charge >= 0.3 is 0 Å². The number of rotatable bonds is 3. The number of hydrogen-bond acceptors (Lipinski definition) is 1. The van der Waals surface area contributed by atoms with Gasteiger partial charge in [-0.15, -0.1) is 0 Å². The van der Waals surface area contributed by atoms with Crippen LogP contribution < -0.4 is 5.32 Å². The molecular formula is C10H13BrN2O. The van der Waals surface area contributed by atoms with Crippen molar-refractivity contribution in [3.05, 3.63) is 22.4 Å². The van der Waals surface area contributed by atoms with Gasteiger partial charge in [0.15, 0.2) is 0 Å². The Labute approximate surface area is 91.4 Å². The van der Waals surface area contributed by atoms with Crippen molar-refractivity contribution in [2.45, 2.75) is 19.8 Å². The van der Waals surface area contributed by atoms with Crippen LogP contribution in [0.1, 0.15) is 30.3 Å². The Morgan fingerprint density at radius 1 is 1.71 bits per heavy atom. The molecule has 1 fully saturated rings. The van der Waals surface area contributed by atoms with E-state index in [1.807, 2.05) is 0 Å². The Morgan fingerprint density at radius 2 is 2.43 bits per heavy atom. The Bertz CT molecular complexity index is 355. The lowest BCUT2D eigenvalue weighted by Crippen LogP contribution is -2.29. The lowest BCUT2D eigenvalue weighted by Gasteiger charge is -2.08. The summed E-state index contributed by atoms with van der Waals surface area (Å²) in [6.45, 7) is 2.97. The molecule has 1 aliphatic rings. The lowest BCUT2D eigenvalue weighted by molar-refractivity contribution is 0.0941. The minimum Gasteiger partial charge on any atom is -0.356 e. The largest absolute Gasteiger partial charge is 0.356 e. The quantitative estimate of drug-likeness (QED) is 0.857. The summed E-state index contributed by atoms with van der Waals surface area (Å²) in [5.74, 6) is -0.0242. The highest BCUT2D eigenvalue weighted by Gasteiger charge is 2.37. The number of aromatic amines is 1. The molecule has 2 rings (SSSR count). The SMILES string of the molecule is CC1(CNC(=O)c2cc(Br)c[nH]2)CC1. The van der Waals surface area contributed by atoms with Crippen molar-refractivity contribution in [1.82, 2.24) is 10.3 Å². The van der Waals surface area contributed by atoms with Crippen LogP contribution in [0.5, 0.6) is 0 Å². The summed E-state index contributed by atoms with van der Waals surface area (Å²) < 4.78 is 0.903. The zero-order chi connectivity index (χ0) is 10.2. The van der Waals surface area contributed by atoms with Gasteiger partial charge in [0, 0.05) is 17.2 Å². The maximum atomic E-state index is 11.6. The fourth-order valence-corrected chi connectivity index (χ4v) is 1.62. The van der Waals surface area contributed by atoms with Gasteiger partial charge in [0.05, 0.1) is 0 Å². The first kappa shape index (κ1) is 9.77. The summed E-state index contributed by atoms with van der Waals surface area (Å²) >= 11 is 3.29. The van der Waals surface area contributed by atoms with E-state index in [1.54, 1.807) is 12.3 Å². The van der Waals surface area contributed by atoms with E-state index in [9.17, 15) is 4.79 Å². The molecule has 0 saturated heterocycles. The number of halogens is 1. The van der Waals surface area contributed by atoms with Crippen LogP contribution in [0, 0.1) is 5.41 Å². The molecule has 3 nitrogen and oxygen atoms in total. The first-order valence-electron chi connectivity index (χ1n) is 4.71. The number of H-pyrrole nitrogens is 1. The summed E-state index contributed by atoms with van der Waals surface area (Å²) in [6.07, 6.45) is 4.21. The van der Waals surface area contributed by atoms with Crippen molar-refractivity contribution in [2.24, 2.45) is 5.41 Å². The molecule has 1 heterocycles. The van der Waals surface area contributed by atoms with E-state index in [0.29, 0.717) is 11.1 Å². The maximum absolute atomic E-state index is 11.6. The highest BCUT2D eigenvalue weighted by Crippen LogP contribution is 2.44. The van der Waals surface area contributed by atoms with Gasteiger partial charge < -0.3 is 10.3 Å². The average molecular weight is 257 g/mol. The first-order valence-corrected chi connectivity index (χ1v) is 5.51. The second kappa shape index (κ2) is 3.42.